The van der Waals surface area contributed by atoms with E-state index in [1.165, 1.54) is 11.8 Å². The number of carbonyl (C=O) groups is 1. The molecule has 0 saturated carbocycles. The molecule has 0 aliphatic carbocycles. The van der Waals surface area contributed by atoms with Gasteiger partial charge in [0.25, 0.3) is 5.91 Å². The van der Waals surface area contributed by atoms with Crippen LogP contribution in [0.1, 0.15) is 27.3 Å². The summed E-state index contributed by atoms with van der Waals surface area (Å²) in [6, 6.07) is 17.1. The number of nitrogens with one attached hydrogen (secondary N) is 2. The summed E-state index contributed by atoms with van der Waals surface area (Å²) in [5, 5.41) is 3.57. The SMILES string of the molecule is Cc1cc(C)nc(SCc2ccccc2C(=O)Nc2nc3ccccc3[nH]2)n1. The molecule has 28 heavy (non-hydrogen) atoms. The molecule has 1 amide bonds. The predicted octanol–water partition coefficient (Wildman–Crippen LogP) is 4.51. The van der Waals surface area contributed by atoms with E-state index in [-0.39, 0.29) is 5.91 Å². The van der Waals surface area contributed by atoms with Crippen molar-refractivity contribution >= 4 is 34.7 Å². The zero-order valence-corrected chi connectivity index (χ0v) is 16.4. The average molecular weight is 389 g/mol. The molecule has 0 radical (unpaired) electrons. The minimum atomic E-state index is -0.198. The van der Waals surface area contributed by atoms with E-state index >= 15 is 0 Å². The first-order valence-corrected chi connectivity index (χ1v) is 9.86. The summed E-state index contributed by atoms with van der Waals surface area (Å²) in [6.07, 6.45) is 0. The van der Waals surface area contributed by atoms with Gasteiger partial charge in [-0.3, -0.25) is 10.1 Å². The van der Waals surface area contributed by atoms with Crippen LogP contribution in [0.15, 0.2) is 59.8 Å². The number of anilines is 1. The van der Waals surface area contributed by atoms with Gasteiger partial charge in [0.2, 0.25) is 5.95 Å². The fraction of sp³-hybridized carbons (Fsp3) is 0.143. The summed E-state index contributed by atoms with van der Waals surface area (Å²) in [4.78, 5) is 29.2. The lowest BCUT2D eigenvalue weighted by Crippen LogP contribution is -2.15. The van der Waals surface area contributed by atoms with Crippen molar-refractivity contribution in [3.63, 3.8) is 0 Å². The number of hydrogen-bond donors (Lipinski definition) is 2. The Balaban J connectivity index is 1.52. The topological polar surface area (TPSA) is 83.6 Å². The number of H-pyrrole nitrogens is 1. The molecule has 140 valence electrons. The smallest absolute Gasteiger partial charge is 0.258 e. The van der Waals surface area contributed by atoms with Gasteiger partial charge >= 0.3 is 0 Å². The first-order valence-electron chi connectivity index (χ1n) is 8.87. The Morgan fingerprint density at radius 2 is 1.71 bits per heavy atom. The van der Waals surface area contributed by atoms with Gasteiger partial charge in [0.1, 0.15) is 0 Å². The molecule has 0 unspecified atom stereocenters. The van der Waals surface area contributed by atoms with Gasteiger partial charge in [-0.15, -0.1) is 0 Å². The van der Waals surface area contributed by atoms with Gasteiger partial charge in [0, 0.05) is 22.7 Å². The number of aromatic amines is 1. The third kappa shape index (κ3) is 4.04. The number of thioether (sulfide) groups is 1. The predicted molar refractivity (Wildman–Crippen MR) is 112 cm³/mol. The van der Waals surface area contributed by atoms with E-state index < -0.39 is 0 Å². The quantitative estimate of drug-likeness (QED) is 0.387. The van der Waals surface area contributed by atoms with Crippen LogP contribution in [0, 0.1) is 13.8 Å². The van der Waals surface area contributed by atoms with E-state index in [1.807, 2.05) is 68.4 Å². The summed E-state index contributed by atoms with van der Waals surface area (Å²) in [5.74, 6) is 0.843. The summed E-state index contributed by atoms with van der Waals surface area (Å²) >= 11 is 1.52. The number of rotatable bonds is 5. The zero-order valence-electron chi connectivity index (χ0n) is 15.6. The maximum atomic E-state index is 12.8. The van der Waals surface area contributed by atoms with Crippen LogP contribution in [-0.2, 0) is 5.75 Å². The van der Waals surface area contributed by atoms with Gasteiger partial charge in [0.15, 0.2) is 5.16 Å². The summed E-state index contributed by atoms with van der Waals surface area (Å²) in [5.41, 5.74) is 5.10. The second kappa shape index (κ2) is 7.82. The van der Waals surface area contributed by atoms with Crippen LogP contribution in [0.25, 0.3) is 11.0 Å². The highest BCUT2D eigenvalue weighted by atomic mass is 32.2. The minimum absolute atomic E-state index is 0.198. The molecular weight excluding hydrogens is 370 g/mol. The van der Waals surface area contributed by atoms with Gasteiger partial charge in [-0.2, -0.15) is 0 Å². The van der Waals surface area contributed by atoms with Crippen LogP contribution in [0.3, 0.4) is 0 Å². The molecule has 0 atom stereocenters. The summed E-state index contributed by atoms with van der Waals surface area (Å²) in [7, 11) is 0. The van der Waals surface area contributed by atoms with Crippen molar-refractivity contribution in [2.75, 3.05) is 5.32 Å². The standard InChI is InChI=1S/C21H19N5OS/c1-13-11-14(2)23-21(22-13)28-12-15-7-3-4-8-16(15)19(27)26-20-24-17-9-5-6-10-18(17)25-20/h3-11H,12H2,1-2H3,(H2,24,25,26,27). The van der Waals surface area contributed by atoms with E-state index in [2.05, 4.69) is 25.3 Å². The highest BCUT2D eigenvalue weighted by molar-refractivity contribution is 7.98. The zero-order chi connectivity index (χ0) is 19.5. The van der Waals surface area contributed by atoms with Crippen LogP contribution in [0.2, 0.25) is 0 Å². The van der Waals surface area contributed by atoms with Crippen molar-refractivity contribution < 1.29 is 4.79 Å². The van der Waals surface area contributed by atoms with Crippen molar-refractivity contribution in [3.8, 4) is 0 Å². The number of fused-ring (bicyclic) bond motifs is 1. The molecule has 0 spiro atoms. The normalized spacial score (nSPS) is 10.9. The van der Waals surface area contributed by atoms with Crippen LogP contribution in [0.5, 0.6) is 0 Å². The second-order valence-corrected chi connectivity index (χ2v) is 7.38. The molecule has 4 aromatic rings. The Bertz CT molecular complexity index is 1100. The maximum absolute atomic E-state index is 12.8. The van der Waals surface area contributed by atoms with Crippen LogP contribution in [-0.4, -0.2) is 25.8 Å². The van der Waals surface area contributed by atoms with E-state index in [9.17, 15) is 4.79 Å². The molecule has 4 rings (SSSR count). The van der Waals surface area contributed by atoms with Crippen molar-refractivity contribution in [1.29, 1.82) is 0 Å². The summed E-state index contributed by atoms with van der Waals surface area (Å²) < 4.78 is 0. The van der Waals surface area contributed by atoms with Crippen LogP contribution in [0.4, 0.5) is 5.95 Å². The lowest BCUT2D eigenvalue weighted by Gasteiger charge is -2.09. The van der Waals surface area contributed by atoms with E-state index in [0.717, 1.165) is 28.0 Å². The first-order chi connectivity index (χ1) is 13.6. The maximum Gasteiger partial charge on any atom is 0.258 e. The van der Waals surface area contributed by atoms with Crippen molar-refractivity contribution in [1.82, 2.24) is 19.9 Å². The number of aromatic nitrogens is 4. The largest absolute Gasteiger partial charge is 0.324 e. The minimum Gasteiger partial charge on any atom is -0.324 e. The molecule has 0 aliphatic heterocycles. The van der Waals surface area contributed by atoms with Crippen LogP contribution < -0.4 is 5.32 Å². The number of carbonyl (C=O) groups excluding carboxylic acids is 1. The van der Waals surface area contributed by atoms with E-state index in [0.29, 0.717) is 22.4 Å². The number of amides is 1. The molecule has 0 fully saturated rings. The van der Waals surface area contributed by atoms with Gasteiger partial charge in [-0.05, 0) is 43.7 Å². The molecule has 0 saturated heterocycles. The van der Waals surface area contributed by atoms with Gasteiger partial charge in [-0.25, -0.2) is 15.0 Å². The Morgan fingerprint density at radius 1 is 1.00 bits per heavy atom. The number of imidazole rings is 1. The lowest BCUT2D eigenvalue weighted by atomic mass is 10.1. The number of hydrogen-bond acceptors (Lipinski definition) is 5. The molecule has 2 aromatic carbocycles. The fourth-order valence-corrected chi connectivity index (χ4v) is 3.91. The molecular formula is C21H19N5OS. The third-order valence-corrected chi connectivity index (χ3v) is 5.10. The number of aryl methyl sites for hydroxylation is 2. The average Bonchev–Trinajstić information content (AvgIpc) is 3.08. The van der Waals surface area contributed by atoms with Gasteiger partial charge in [0.05, 0.1) is 11.0 Å². The van der Waals surface area contributed by atoms with Crippen molar-refractivity contribution in [3.05, 3.63) is 77.1 Å². The Morgan fingerprint density at radius 3 is 2.50 bits per heavy atom. The molecule has 7 heteroatoms. The second-order valence-electron chi connectivity index (χ2n) is 6.44. The highest BCUT2D eigenvalue weighted by Gasteiger charge is 2.14. The molecule has 2 heterocycles. The van der Waals surface area contributed by atoms with Gasteiger partial charge in [-0.1, -0.05) is 42.1 Å². The van der Waals surface area contributed by atoms with Crippen LogP contribution >= 0.6 is 11.8 Å². The van der Waals surface area contributed by atoms with Crippen molar-refractivity contribution in [2.24, 2.45) is 0 Å². The molecule has 2 aromatic heterocycles. The molecule has 0 aliphatic rings. The number of benzene rings is 2. The van der Waals surface area contributed by atoms with Gasteiger partial charge < -0.3 is 4.98 Å². The summed E-state index contributed by atoms with van der Waals surface area (Å²) in [6.45, 7) is 3.90. The number of para-hydroxylation sites is 2. The Kier molecular flexibility index (Phi) is 5.08. The molecule has 0 bridgehead atoms. The van der Waals surface area contributed by atoms with E-state index in [4.69, 9.17) is 0 Å². The molecule has 6 nitrogen and oxygen atoms in total. The Hall–Kier alpha value is -3.19. The van der Waals surface area contributed by atoms with E-state index in [1.54, 1.807) is 0 Å². The first kappa shape index (κ1) is 18.2. The number of nitrogens with zero attached hydrogens (tertiary/aromatic N) is 3. The molecule has 2 N–H and O–H groups in total. The third-order valence-electron chi connectivity index (χ3n) is 4.20. The van der Waals surface area contributed by atoms with Crippen molar-refractivity contribution in [2.45, 2.75) is 24.8 Å². The Labute approximate surface area is 166 Å². The fourth-order valence-electron chi connectivity index (χ4n) is 2.95. The lowest BCUT2D eigenvalue weighted by molar-refractivity contribution is 0.102. The highest BCUT2D eigenvalue weighted by Crippen LogP contribution is 2.23. The monoisotopic (exact) mass is 389 g/mol.